The molecule has 1 aliphatic heterocycles. The van der Waals surface area contributed by atoms with Gasteiger partial charge in [0, 0.05) is 25.3 Å². The number of amides is 2. The van der Waals surface area contributed by atoms with E-state index in [1.807, 2.05) is 49.3 Å². The molecule has 0 aromatic heterocycles. The van der Waals surface area contributed by atoms with E-state index in [9.17, 15) is 9.59 Å². The molecule has 0 spiro atoms. The van der Waals surface area contributed by atoms with Crippen LogP contribution in [0.4, 0.5) is 11.4 Å². The van der Waals surface area contributed by atoms with Crippen LogP contribution in [0.25, 0.3) is 6.08 Å². The number of hydrogen-bond acceptors (Lipinski definition) is 6. The van der Waals surface area contributed by atoms with Gasteiger partial charge in [-0.3, -0.25) is 14.5 Å². The highest BCUT2D eigenvalue weighted by molar-refractivity contribution is 8.27. The third-order valence-electron chi connectivity index (χ3n) is 3.99. The lowest BCUT2D eigenvalue weighted by Crippen LogP contribution is -2.27. The quantitative estimate of drug-likeness (QED) is 0.580. The van der Waals surface area contributed by atoms with Crippen LogP contribution in [-0.4, -0.2) is 36.8 Å². The summed E-state index contributed by atoms with van der Waals surface area (Å²) < 4.78 is 5.89. The number of ether oxygens (including phenoxy) is 1. The predicted molar refractivity (Wildman–Crippen MR) is 118 cm³/mol. The number of thioether (sulfide) groups is 1. The van der Waals surface area contributed by atoms with Gasteiger partial charge in [0.05, 0.1) is 10.6 Å². The Morgan fingerprint density at radius 1 is 1.21 bits per heavy atom. The Labute approximate surface area is 172 Å². The highest BCUT2D eigenvalue weighted by Crippen LogP contribution is 2.37. The molecule has 2 aromatic rings. The van der Waals surface area contributed by atoms with Crippen LogP contribution in [0.15, 0.2) is 53.4 Å². The van der Waals surface area contributed by atoms with Gasteiger partial charge in [0.15, 0.2) is 10.9 Å². The molecule has 1 fully saturated rings. The predicted octanol–water partition coefficient (Wildman–Crippen LogP) is 3.02. The summed E-state index contributed by atoms with van der Waals surface area (Å²) in [7, 11) is 3.91. The van der Waals surface area contributed by atoms with Gasteiger partial charge in [0.1, 0.15) is 5.75 Å². The highest BCUT2D eigenvalue weighted by Gasteiger charge is 2.33. The fourth-order valence-corrected chi connectivity index (χ4v) is 3.90. The van der Waals surface area contributed by atoms with Crippen molar-refractivity contribution in [2.45, 2.75) is 0 Å². The maximum Gasteiger partial charge on any atom is 0.270 e. The number of rotatable bonds is 6. The fourth-order valence-electron chi connectivity index (χ4n) is 2.61. The largest absolute Gasteiger partial charge is 0.483 e. The summed E-state index contributed by atoms with van der Waals surface area (Å²) in [6.45, 7) is -0.232. The normalized spacial score (nSPS) is 15.2. The second-order valence-electron chi connectivity index (χ2n) is 6.22. The van der Waals surface area contributed by atoms with Crippen molar-refractivity contribution in [1.29, 1.82) is 0 Å². The van der Waals surface area contributed by atoms with Gasteiger partial charge in [-0.2, -0.15) is 0 Å². The molecule has 1 aliphatic rings. The molecule has 1 saturated heterocycles. The van der Waals surface area contributed by atoms with Crippen LogP contribution in [0, 0.1) is 0 Å². The number of para-hydroxylation sites is 1. The third kappa shape index (κ3) is 4.35. The second-order valence-corrected chi connectivity index (χ2v) is 7.90. The molecule has 8 heteroatoms. The van der Waals surface area contributed by atoms with E-state index in [1.54, 1.807) is 24.3 Å². The summed E-state index contributed by atoms with van der Waals surface area (Å²) in [5.74, 6) is -0.290. The molecule has 0 saturated carbocycles. The van der Waals surface area contributed by atoms with E-state index in [0.29, 0.717) is 20.5 Å². The number of benzene rings is 2. The number of anilines is 2. The highest BCUT2D eigenvalue weighted by atomic mass is 32.2. The number of thiocarbonyl (C=S) groups is 1. The van der Waals surface area contributed by atoms with Gasteiger partial charge in [-0.05, 0) is 36.4 Å². The van der Waals surface area contributed by atoms with Crippen molar-refractivity contribution in [3.05, 3.63) is 59.0 Å². The summed E-state index contributed by atoms with van der Waals surface area (Å²) in [6, 6.07) is 14.7. The van der Waals surface area contributed by atoms with E-state index < -0.39 is 5.91 Å². The summed E-state index contributed by atoms with van der Waals surface area (Å²) >= 11 is 6.65. The van der Waals surface area contributed by atoms with Crippen LogP contribution in [0.2, 0.25) is 0 Å². The molecule has 0 unspecified atom stereocenters. The number of primary amides is 1. The Kier molecular flexibility index (Phi) is 6.01. The first-order valence-electron chi connectivity index (χ1n) is 8.42. The minimum absolute atomic E-state index is 0.197. The molecule has 28 heavy (non-hydrogen) atoms. The maximum absolute atomic E-state index is 12.9. The Morgan fingerprint density at radius 3 is 2.54 bits per heavy atom. The summed E-state index contributed by atoms with van der Waals surface area (Å²) in [5.41, 5.74) is 7.57. The fraction of sp³-hybridized carbons (Fsp3) is 0.150. The molecule has 144 valence electrons. The van der Waals surface area contributed by atoms with Gasteiger partial charge in [0.2, 0.25) is 0 Å². The van der Waals surface area contributed by atoms with Crippen LogP contribution in [0.5, 0.6) is 5.75 Å². The van der Waals surface area contributed by atoms with Gasteiger partial charge in [-0.25, -0.2) is 0 Å². The lowest BCUT2D eigenvalue weighted by atomic mass is 10.2. The van der Waals surface area contributed by atoms with Crippen LogP contribution < -0.4 is 20.3 Å². The molecular formula is C20H19N3O3S2. The minimum Gasteiger partial charge on any atom is -0.483 e. The summed E-state index contributed by atoms with van der Waals surface area (Å²) in [5, 5.41) is 0. The van der Waals surface area contributed by atoms with Crippen molar-refractivity contribution in [3.63, 3.8) is 0 Å². The molecule has 2 N–H and O–H groups in total. The van der Waals surface area contributed by atoms with Gasteiger partial charge >= 0.3 is 0 Å². The lowest BCUT2D eigenvalue weighted by molar-refractivity contribution is -0.120. The number of carbonyl (C=O) groups excluding carboxylic acids is 2. The lowest BCUT2D eigenvalue weighted by Gasteiger charge is -2.17. The topological polar surface area (TPSA) is 75.9 Å². The van der Waals surface area contributed by atoms with Crippen LogP contribution in [0.3, 0.4) is 0 Å². The van der Waals surface area contributed by atoms with E-state index in [2.05, 4.69) is 0 Å². The first kappa shape index (κ1) is 19.9. The smallest absolute Gasteiger partial charge is 0.270 e. The number of hydrogen-bond donors (Lipinski definition) is 1. The third-order valence-corrected chi connectivity index (χ3v) is 5.30. The van der Waals surface area contributed by atoms with E-state index in [-0.39, 0.29) is 12.5 Å². The van der Waals surface area contributed by atoms with Crippen LogP contribution in [0.1, 0.15) is 5.56 Å². The van der Waals surface area contributed by atoms with Gasteiger partial charge in [-0.15, -0.1) is 0 Å². The van der Waals surface area contributed by atoms with Crippen LogP contribution in [-0.2, 0) is 9.59 Å². The van der Waals surface area contributed by atoms with Crippen molar-refractivity contribution < 1.29 is 14.3 Å². The molecule has 0 radical (unpaired) electrons. The zero-order valence-electron chi connectivity index (χ0n) is 15.4. The van der Waals surface area contributed by atoms with Gasteiger partial charge in [0.25, 0.3) is 11.8 Å². The Morgan fingerprint density at radius 2 is 1.89 bits per heavy atom. The molecule has 6 nitrogen and oxygen atoms in total. The molecule has 3 rings (SSSR count). The van der Waals surface area contributed by atoms with E-state index in [4.69, 9.17) is 22.7 Å². The zero-order valence-corrected chi connectivity index (χ0v) is 17.0. The molecule has 2 aromatic carbocycles. The average Bonchev–Trinajstić information content (AvgIpc) is 2.94. The average molecular weight is 414 g/mol. The van der Waals surface area contributed by atoms with Crippen molar-refractivity contribution in [2.24, 2.45) is 5.73 Å². The summed E-state index contributed by atoms with van der Waals surface area (Å²) in [4.78, 5) is 27.9. The van der Waals surface area contributed by atoms with Gasteiger partial charge < -0.3 is 15.4 Å². The van der Waals surface area contributed by atoms with Crippen LogP contribution >= 0.6 is 24.0 Å². The Balaban J connectivity index is 1.86. The van der Waals surface area contributed by atoms with Crippen molar-refractivity contribution in [1.82, 2.24) is 0 Å². The monoisotopic (exact) mass is 413 g/mol. The summed E-state index contributed by atoms with van der Waals surface area (Å²) in [6.07, 6.45) is 1.71. The zero-order chi connectivity index (χ0) is 20.3. The molecule has 1 heterocycles. The maximum atomic E-state index is 12.9. The SMILES string of the molecule is CN(C)c1ccc(N2C(=O)/C(=C\c3ccccc3OCC(N)=O)SC2=S)cc1. The van der Waals surface area contributed by atoms with Crippen molar-refractivity contribution in [2.75, 3.05) is 30.5 Å². The Hall–Kier alpha value is -2.84. The first-order chi connectivity index (χ1) is 13.4. The number of nitrogens with zero attached hydrogens (tertiary/aromatic N) is 2. The van der Waals surface area contributed by atoms with Crippen molar-refractivity contribution in [3.8, 4) is 5.75 Å². The Bertz CT molecular complexity index is 955. The molecule has 0 atom stereocenters. The van der Waals surface area contributed by atoms with E-state index >= 15 is 0 Å². The molecular weight excluding hydrogens is 394 g/mol. The van der Waals surface area contributed by atoms with E-state index in [0.717, 1.165) is 11.4 Å². The van der Waals surface area contributed by atoms with E-state index in [1.165, 1.54) is 16.7 Å². The second kappa shape index (κ2) is 8.45. The number of carbonyl (C=O) groups is 2. The first-order valence-corrected chi connectivity index (χ1v) is 9.65. The van der Waals surface area contributed by atoms with Gasteiger partial charge in [-0.1, -0.05) is 42.2 Å². The standard InChI is InChI=1S/C20H19N3O3S2/c1-22(2)14-7-9-15(10-8-14)23-19(25)17(28-20(23)27)11-13-5-3-4-6-16(13)26-12-18(21)24/h3-11H,12H2,1-2H3,(H2,21,24)/b17-11+. The number of nitrogens with two attached hydrogens (primary N) is 1. The minimum atomic E-state index is -0.567. The molecule has 0 bridgehead atoms. The molecule has 2 amide bonds. The van der Waals surface area contributed by atoms with Crippen molar-refractivity contribution >= 4 is 57.6 Å². The molecule has 0 aliphatic carbocycles.